The van der Waals surface area contributed by atoms with Gasteiger partial charge >= 0.3 is 0 Å². The molecule has 2 saturated heterocycles. The van der Waals surface area contributed by atoms with E-state index < -0.39 is 132 Å². The molecule has 0 saturated carbocycles. The number of nitrogens with one attached hydrogen (secondary N) is 16. The van der Waals surface area contributed by atoms with Gasteiger partial charge in [-0.1, -0.05) is 143 Å². The number of benzene rings is 6. The van der Waals surface area contributed by atoms with Crippen LogP contribution in [0.4, 0.5) is 0 Å². The lowest BCUT2D eigenvalue weighted by Gasteiger charge is -2.26. The fraction of sp³-hybridized carbons (Fsp3) is 0.425. The van der Waals surface area contributed by atoms with Crippen LogP contribution >= 0.6 is 0 Å². The van der Waals surface area contributed by atoms with Crippen LogP contribution in [0, 0.1) is 10.8 Å². The van der Waals surface area contributed by atoms with E-state index in [1.54, 1.807) is 36.4 Å². The Kier molecular flexibility index (Phi) is 37.0. The number of hydrogen-bond donors (Lipinski definition) is 20. The van der Waals surface area contributed by atoms with Gasteiger partial charge in [0.15, 0.2) is 11.9 Å². The molecular formula is C80H108N18O14. The SMILES string of the molecule is CC.CCC.N=C(N)NCCC[C@@H]1NC(=O)[C@H](CCCNC(=O)CCCC(=O)NCCC[C@@H]2NC(=O)[C@@H](Cc3ccc(O)cc3)NC(=O)CNC(=O)[C@H](Cc3ccc4ccccc4c3)NC(=O)[C@H](CCCNC(=N)N)NC2=O)NC(=O)[C@@H](Cc2ccc(O)cc2)NC(=O)CNC(=O)[C@H](Cc2ccc3ccccc3c2)NC1=O. The van der Waals surface area contributed by atoms with Gasteiger partial charge < -0.3 is 96.1 Å². The van der Waals surface area contributed by atoms with Gasteiger partial charge in [0, 0.05) is 64.7 Å². The summed E-state index contributed by atoms with van der Waals surface area (Å²) in [5.41, 5.74) is 13.4. The third kappa shape index (κ3) is 30.9. The Balaban J connectivity index is 0.00000382. The number of nitrogens with two attached hydrogens (primary N) is 2. The second-order valence-electron chi connectivity index (χ2n) is 27.1. The van der Waals surface area contributed by atoms with Crippen molar-refractivity contribution < 1.29 is 67.7 Å². The van der Waals surface area contributed by atoms with Gasteiger partial charge in [-0.05, 0) is 126 Å². The Morgan fingerprint density at radius 2 is 0.634 bits per heavy atom. The van der Waals surface area contributed by atoms with Gasteiger partial charge in [-0.3, -0.25) is 68.4 Å². The van der Waals surface area contributed by atoms with Gasteiger partial charge in [-0.25, -0.2) is 0 Å². The van der Waals surface area contributed by atoms with E-state index >= 15 is 0 Å². The van der Waals surface area contributed by atoms with Crippen LogP contribution in [0.25, 0.3) is 21.5 Å². The Morgan fingerprint density at radius 3 is 0.955 bits per heavy atom. The molecule has 0 aliphatic carbocycles. The van der Waals surface area contributed by atoms with E-state index in [0.29, 0.717) is 22.3 Å². The minimum atomic E-state index is -1.38. The molecule has 2 heterocycles. The average Bonchev–Trinajstić information content (AvgIpc) is 1.07. The number of guanidine groups is 2. The Bertz CT molecular complexity index is 3940. The summed E-state index contributed by atoms with van der Waals surface area (Å²) < 4.78 is 0. The topological polar surface area (TPSA) is 513 Å². The molecule has 2 fully saturated rings. The van der Waals surface area contributed by atoms with Crippen LogP contribution in [-0.2, 0) is 83.2 Å². The van der Waals surface area contributed by atoms with E-state index in [2.05, 4.69) is 88.3 Å². The number of amides is 12. The molecule has 22 N–H and O–H groups in total. The molecule has 6 aromatic carbocycles. The lowest BCUT2D eigenvalue weighted by molar-refractivity contribution is -0.134. The van der Waals surface area contributed by atoms with Crippen LogP contribution in [0.2, 0.25) is 0 Å². The van der Waals surface area contributed by atoms with Crippen molar-refractivity contribution in [1.82, 2.24) is 74.4 Å². The molecule has 0 aromatic heterocycles. The number of rotatable bonds is 28. The maximum atomic E-state index is 14.5. The molecule has 12 amide bonds. The summed E-state index contributed by atoms with van der Waals surface area (Å²) in [7, 11) is 0. The molecule has 32 heteroatoms. The van der Waals surface area contributed by atoms with E-state index in [9.17, 15) is 67.7 Å². The van der Waals surface area contributed by atoms with Crippen LogP contribution < -0.4 is 85.9 Å². The summed E-state index contributed by atoms with van der Waals surface area (Å²) in [5.74, 6) is -9.45. The van der Waals surface area contributed by atoms with Crippen molar-refractivity contribution in [3.63, 3.8) is 0 Å². The number of fused-ring (bicyclic) bond motifs is 2. The maximum absolute atomic E-state index is 14.5. The van der Waals surface area contributed by atoms with Crippen LogP contribution in [0.5, 0.6) is 11.5 Å². The minimum Gasteiger partial charge on any atom is -0.508 e. The zero-order valence-corrected chi connectivity index (χ0v) is 63.8. The van der Waals surface area contributed by atoms with E-state index in [1.807, 2.05) is 86.6 Å². The first-order valence-electron chi connectivity index (χ1n) is 38.0. The summed E-state index contributed by atoms with van der Waals surface area (Å²) in [6, 6.07) is 27.4. The molecular weight excluding hydrogens is 1440 g/mol. The number of aromatic hydroxyl groups is 2. The fourth-order valence-corrected chi connectivity index (χ4v) is 12.3. The first-order valence-corrected chi connectivity index (χ1v) is 38.0. The van der Waals surface area contributed by atoms with E-state index in [1.165, 1.54) is 30.7 Å². The van der Waals surface area contributed by atoms with Crippen molar-refractivity contribution in [2.45, 2.75) is 179 Å². The van der Waals surface area contributed by atoms with E-state index in [0.717, 1.165) is 21.5 Å². The quantitative estimate of drug-likeness (QED) is 0.0189. The van der Waals surface area contributed by atoms with Crippen molar-refractivity contribution in [1.29, 1.82) is 10.8 Å². The fourth-order valence-electron chi connectivity index (χ4n) is 12.3. The second kappa shape index (κ2) is 46.9. The maximum Gasteiger partial charge on any atom is 0.243 e. The summed E-state index contributed by atoms with van der Waals surface area (Å²) in [6.45, 7) is 7.25. The van der Waals surface area contributed by atoms with Crippen molar-refractivity contribution >= 4 is 104 Å². The van der Waals surface area contributed by atoms with Crippen molar-refractivity contribution in [3.8, 4) is 11.5 Å². The third-order valence-corrected chi connectivity index (χ3v) is 18.0. The van der Waals surface area contributed by atoms with Gasteiger partial charge in [-0.15, -0.1) is 0 Å². The smallest absolute Gasteiger partial charge is 0.243 e. The predicted octanol–water partition coefficient (Wildman–Crippen LogP) is 1.74. The van der Waals surface area contributed by atoms with Crippen molar-refractivity contribution in [3.05, 3.63) is 156 Å². The van der Waals surface area contributed by atoms with Crippen LogP contribution in [0.15, 0.2) is 133 Å². The van der Waals surface area contributed by atoms with Gasteiger partial charge in [0.25, 0.3) is 0 Å². The second-order valence-corrected chi connectivity index (χ2v) is 27.1. The molecule has 0 unspecified atom stereocenters. The van der Waals surface area contributed by atoms with Crippen LogP contribution in [0.3, 0.4) is 0 Å². The monoisotopic (exact) mass is 1540 g/mol. The summed E-state index contributed by atoms with van der Waals surface area (Å²) in [5, 5.41) is 76.6. The lowest BCUT2D eigenvalue weighted by atomic mass is 10.0. The number of phenols is 2. The highest BCUT2D eigenvalue weighted by Crippen LogP contribution is 2.21. The highest BCUT2D eigenvalue weighted by atomic mass is 16.3. The number of carbonyl (C=O) groups excluding carboxylic acids is 12. The first-order chi connectivity index (χ1) is 53.8. The van der Waals surface area contributed by atoms with Crippen LogP contribution in [0.1, 0.15) is 127 Å². The van der Waals surface area contributed by atoms with Crippen molar-refractivity contribution in [2.24, 2.45) is 11.5 Å². The molecule has 602 valence electrons. The average molecular weight is 1550 g/mol. The lowest BCUT2D eigenvalue weighted by Crippen LogP contribution is -2.58. The number of carbonyl (C=O) groups is 12. The summed E-state index contributed by atoms with van der Waals surface area (Å²) >= 11 is 0. The highest BCUT2D eigenvalue weighted by molar-refractivity contribution is 5.99. The summed E-state index contributed by atoms with van der Waals surface area (Å²) in [4.78, 5) is 168. The Hall–Kier alpha value is -12.4. The van der Waals surface area contributed by atoms with Gasteiger partial charge in [-0.2, -0.15) is 0 Å². The van der Waals surface area contributed by atoms with E-state index in [-0.39, 0.29) is 146 Å². The molecule has 8 rings (SSSR count). The normalized spacial score (nSPS) is 19.5. The first kappa shape index (κ1) is 88.5. The molecule has 8 atom stereocenters. The molecule has 112 heavy (non-hydrogen) atoms. The molecule has 2 aliphatic heterocycles. The van der Waals surface area contributed by atoms with Gasteiger partial charge in [0.05, 0.1) is 13.1 Å². The highest BCUT2D eigenvalue weighted by Gasteiger charge is 2.36. The predicted molar refractivity (Wildman–Crippen MR) is 424 cm³/mol. The van der Waals surface area contributed by atoms with E-state index in [4.69, 9.17) is 22.3 Å². The molecule has 0 spiro atoms. The third-order valence-electron chi connectivity index (χ3n) is 18.0. The molecule has 0 bridgehead atoms. The molecule has 6 aromatic rings. The van der Waals surface area contributed by atoms with Crippen molar-refractivity contribution in [2.75, 3.05) is 39.3 Å². The largest absolute Gasteiger partial charge is 0.508 e. The molecule has 32 nitrogen and oxygen atoms in total. The molecule has 0 radical (unpaired) electrons. The molecule has 2 aliphatic rings. The number of phenolic OH excluding ortho intramolecular Hbond substituents is 2. The minimum absolute atomic E-state index is 0.0225. The van der Waals surface area contributed by atoms with Crippen LogP contribution in [-0.4, -0.2) is 181 Å². The number of hydrogen-bond acceptors (Lipinski definition) is 16. The summed E-state index contributed by atoms with van der Waals surface area (Å²) in [6.07, 6.45) is 1.08. The Morgan fingerprint density at radius 1 is 0.366 bits per heavy atom. The van der Waals surface area contributed by atoms with Gasteiger partial charge in [0.2, 0.25) is 70.9 Å². The standard InChI is InChI=1S/C75H94N18O14.C3H8.C2H6/c76-74(77)82-34-8-16-56-70(104)92-58(40-46-20-26-48-10-1-3-12-50(48)36-46)66(100)84-42-64(98)86-60(38-44-22-28-52(94)29-23-44)72(106)90-54(68(102)88-56)14-6-32-80-62(96)18-5-19-63(97)81-33-7-15-55-69(103)89-57(17-9-35-83-75(78)79)71(105)93-59(41-47-21-27-49-11-2-4-13-51(49)37-47)67(101)85-43-65(99)87-61(73(107)91-55)39-45-24-30-53(95)31-25-45;1-3-2;1-2/h1-4,10-13,20-31,36-37,54-61,94-95H,5-9,14-19,32-35,38-43H2,(H,80,96)(H,81,97)(H,84,100)(H,85,101)(H,86,98)(H,87,99)(H,88,102)(H,89,103)(H,90,106)(H,91,107)(H,92,104)(H,93,105)(H4,76,77,82)(H4,78,79,83);3H2,1-2H3;1-2H3/t54-,55-,56-,57-,58-,59-,60+,61+;;/m0../s1. The Labute approximate surface area is 651 Å². The zero-order chi connectivity index (χ0) is 81.5. The van der Waals surface area contributed by atoms with Gasteiger partial charge in [0.1, 0.15) is 59.8 Å². The zero-order valence-electron chi connectivity index (χ0n) is 63.8.